The molecule has 1 aliphatic heterocycles. The molecule has 140 valence electrons. The van der Waals surface area contributed by atoms with Gasteiger partial charge in [-0.2, -0.15) is 11.8 Å². The molecule has 27 heavy (non-hydrogen) atoms. The number of carbonyl (C=O) groups excluding carboxylic acids is 3. The summed E-state index contributed by atoms with van der Waals surface area (Å²) in [5.74, 6) is -0.368. The molecule has 6 nitrogen and oxygen atoms in total. The summed E-state index contributed by atoms with van der Waals surface area (Å²) in [5, 5.41) is 0. The van der Waals surface area contributed by atoms with Crippen LogP contribution in [0.25, 0.3) is 0 Å². The zero-order valence-electron chi connectivity index (χ0n) is 15.0. The lowest BCUT2D eigenvalue weighted by molar-refractivity contribution is -0.139. The van der Waals surface area contributed by atoms with Crippen molar-refractivity contribution in [3.05, 3.63) is 59.7 Å². The van der Waals surface area contributed by atoms with Gasteiger partial charge in [0.2, 0.25) is 0 Å². The lowest BCUT2D eigenvalue weighted by Crippen LogP contribution is -2.47. The molecule has 2 amide bonds. The van der Waals surface area contributed by atoms with E-state index in [1.54, 1.807) is 48.5 Å². The molecule has 2 aromatic rings. The molecule has 0 saturated carbocycles. The first-order valence-corrected chi connectivity index (χ1v) is 9.78. The van der Waals surface area contributed by atoms with E-state index in [2.05, 4.69) is 0 Å². The van der Waals surface area contributed by atoms with Crippen LogP contribution < -0.4 is 9.47 Å². The van der Waals surface area contributed by atoms with Gasteiger partial charge < -0.3 is 9.47 Å². The minimum Gasteiger partial charge on any atom is -0.493 e. The van der Waals surface area contributed by atoms with Gasteiger partial charge in [0.05, 0.1) is 18.2 Å². The third-order valence-electron chi connectivity index (χ3n) is 4.28. The number of amides is 2. The van der Waals surface area contributed by atoms with Crippen LogP contribution in [0, 0.1) is 0 Å². The number of thioether (sulfide) groups is 1. The molecule has 0 N–H and O–H groups in total. The van der Waals surface area contributed by atoms with Crippen LogP contribution in [0.15, 0.2) is 48.5 Å². The normalized spacial score (nSPS) is 14.1. The molecule has 0 spiro atoms. The molecule has 1 aliphatic rings. The fourth-order valence-electron chi connectivity index (χ4n) is 2.95. The maximum atomic E-state index is 12.9. The molecule has 1 unspecified atom stereocenters. The minimum absolute atomic E-state index is 0.246. The molecule has 1 heterocycles. The molecule has 3 rings (SSSR count). The Balaban J connectivity index is 1.89. The van der Waals surface area contributed by atoms with E-state index in [9.17, 15) is 14.4 Å². The quantitative estimate of drug-likeness (QED) is 0.414. The number of imide groups is 1. The predicted octanol–water partition coefficient (Wildman–Crippen LogP) is 3.02. The van der Waals surface area contributed by atoms with Gasteiger partial charge in [0.25, 0.3) is 11.8 Å². The van der Waals surface area contributed by atoms with Crippen LogP contribution in [0.3, 0.4) is 0 Å². The lowest BCUT2D eigenvalue weighted by Gasteiger charge is -2.24. The maximum Gasteiger partial charge on any atom is 0.334 e. The Morgan fingerprint density at radius 1 is 1.00 bits per heavy atom. The SMILES string of the molecule is COc1ccccc1OC(=O)C(CCSC)N1C(=O)c2ccccc2C1=O. The van der Waals surface area contributed by atoms with Crippen LogP contribution in [0.5, 0.6) is 11.5 Å². The number of rotatable bonds is 7. The molecule has 0 bridgehead atoms. The van der Waals surface area contributed by atoms with Crippen molar-refractivity contribution < 1.29 is 23.9 Å². The highest BCUT2D eigenvalue weighted by Crippen LogP contribution is 2.29. The second-order valence-electron chi connectivity index (χ2n) is 5.90. The molecule has 1 atom stereocenters. The van der Waals surface area contributed by atoms with Gasteiger partial charge in [-0.05, 0) is 42.7 Å². The van der Waals surface area contributed by atoms with Gasteiger partial charge in [0.15, 0.2) is 11.5 Å². The summed E-state index contributed by atoms with van der Waals surface area (Å²) < 4.78 is 10.7. The zero-order chi connectivity index (χ0) is 19.4. The summed E-state index contributed by atoms with van der Waals surface area (Å²) in [4.78, 5) is 39.4. The molecule has 2 aromatic carbocycles. The summed E-state index contributed by atoms with van der Waals surface area (Å²) in [6, 6.07) is 12.3. The largest absolute Gasteiger partial charge is 0.493 e. The number of para-hydroxylation sites is 2. The highest BCUT2D eigenvalue weighted by molar-refractivity contribution is 7.98. The monoisotopic (exact) mass is 385 g/mol. The van der Waals surface area contributed by atoms with Crippen LogP contribution in [-0.4, -0.2) is 47.8 Å². The van der Waals surface area contributed by atoms with E-state index < -0.39 is 23.8 Å². The number of hydrogen-bond donors (Lipinski definition) is 0. The van der Waals surface area contributed by atoms with Crippen LogP contribution in [0.1, 0.15) is 27.1 Å². The van der Waals surface area contributed by atoms with E-state index >= 15 is 0 Å². The number of nitrogens with zero attached hydrogens (tertiary/aromatic N) is 1. The first kappa shape index (κ1) is 19.0. The van der Waals surface area contributed by atoms with Gasteiger partial charge in [0, 0.05) is 0 Å². The Morgan fingerprint density at radius 2 is 1.56 bits per heavy atom. The number of carbonyl (C=O) groups is 3. The number of fused-ring (bicyclic) bond motifs is 1. The van der Waals surface area contributed by atoms with Gasteiger partial charge >= 0.3 is 5.97 Å². The average molecular weight is 385 g/mol. The summed E-state index contributed by atoms with van der Waals surface area (Å²) in [6.07, 6.45) is 2.20. The zero-order valence-corrected chi connectivity index (χ0v) is 15.8. The van der Waals surface area contributed by atoms with Crippen molar-refractivity contribution >= 4 is 29.5 Å². The van der Waals surface area contributed by atoms with E-state index in [0.717, 1.165) is 4.90 Å². The van der Waals surface area contributed by atoms with Crippen LogP contribution in [0.4, 0.5) is 0 Å². The fraction of sp³-hybridized carbons (Fsp3) is 0.250. The Bertz CT molecular complexity index is 847. The van der Waals surface area contributed by atoms with Gasteiger partial charge in [-0.3, -0.25) is 14.5 Å². The van der Waals surface area contributed by atoms with Gasteiger partial charge in [-0.15, -0.1) is 0 Å². The van der Waals surface area contributed by atoms with E-state index in [1.165, 1.54) is 18.9 Å². The van der Waals surface area contributed by atoms with Crippen molar-refractivity contribution in [2.75, 3.05) is 19.1 Å². The number of ether oxygens (including phenoxy) is 2. The first-order chi connectivity index (χ1) is 13.1. The maximum absolute atomic E-state index is 12.9. The Labute approximate surface area is 161 Å². The summed E-state index contributed by atoms with van der Waals surface area (Å²) in [5.41, 5.74) is 0.614. The van der Waals surface area contributed by atoms with E-state index in [-0.39, 0.29) is 5.75 Å². The van der Waals surface area contributed by atoms with Crippen LogP contribution in [-0.2, 0) is 4.79 Å². The molecule has 0 radical (unpaired) electrons. The summed E-state index contributed by atoms with van der Waals surface area (Å²) in [6.45, 7) is 0. The van der Waals surface area contributed by atoms with Gasteiger partial charge in [0.1, 0.15) is 6.04 Å². The fourth-order valence-corrected chi connectivity index (χ4v) is 3.41. The third-order valence-corrected chi connectivity index (χ3v) is 4.93. The molecule has 7 heteroatoms. The van der Waals surface area contributed by atoms with E-state index in [4.69, 9.17) is 9.47 Å². The number of benzene rings is 2. The summed E-state index contributed by atoms with van der Waals surface area (Å²) >= 11 is 1.52. The predicted molar refractivity (Wildman–Crippen MR) is 102 cm³/mol. The first-order valence-electron chi connectivity index (χ1n) is 8.39. The molecular formula is C20H19NO5S. The molecule has 0 aromatic heterocycles. The van der Waals surface area contributed by atoms with Crippen molar-refractivity contribution in [1.29, 1.82) is 0 Å². The molecule has 0 aliphatic carbocycles. The van der Waals surface area contributed by atoms with Crippen molar-refractivity contribution in [3.63, 3.8) is 0 Å². The third kappa shape index (κ3) is 3.68. The Hall–Kier alpha value is -2.80. The number of esters is 1. The molecule has 0 saturated heterocycles. The summed E-state index contributed by atoms with van der Waals surface area (Å²) in [7, 11) is 1.47. The average Bonchev–Trinajstić information content (AvgIpc) is 2.94. The van der Waals surface area contributed by atoms with E-state index in [1.807, 2.05) is 6.26 Å². The number of hydrogen-bond acceptors (Lipinski definition) is 6. The smallest absolute Gasteiger partial charge is 0.334 e. The van der Waals surface area contributed by atoms with Gasteiger partial charge in [-0.1, -0.05) is 24.3 Å². The molecule has 0 fully saturated rings. The van der Waals surface area contributed by atoms with Crippen molar-refractivity contribution in [2.24, 2.45) is 0 Å². The highest BCUT2D eigenvalue weighted by Gasteiger charge is 2.43. The second-order valence-corrected chi connectivity index (χ2v) is 6.88. The van der Waals surface area contributed by atoms with Crippen molar-refractivity contribution in [1.82, 2.24) is 4.90 Å². The molecular weight excluding hydrogens is 366 g/mol. The minimum atomic E-state index is -1.00. The highest BCUT2D eigenvalue weighted by atomic mass is 32.2. The Morgan fingerprint density at radius 3 is 2.11 bits per heavy atom. The van der Waals surface area contributed by atoms with Gasteiger partial charge in [-0.25, -0.2) is 4.79 Å². The Kier molecular flexibility index (Phi) is 5.81. The van der Waals surface area contributed by atoms with Crippen molar-refractivity contribution in [2.45, 2.75) is 12.5 Å². The lowest BCUT2D eigenvalue weighted by atomic mass is 10.1. The van der Waals surface area contributed by atoms with Crippen molar-refractivity contribution in [3.8, 4) is 11.5 Å². The standard InChI is InChI=1S/C20H19NO5S/c1-25-16-9-5-6-10-17(16)26-20(24)15(11-12-27-2)21-18(22)13-7-3-4-8-14(13)19(21)23/h3-10,15H,11-12H2,1-2H3. The van der Waals surface area contributed by atoms with Crippen LogP contribution in [0.2, 0.25) is 0 Å². The van der Waals surface area contributed by atoms with E-state index in [0.29, 0.717) is 29.1 Å². The topological polar surface area (TPSA) is 72.9 Å². The second kappa shape index (κ2) is 8.26. The number of methoxy groups -OCH3 is 1. The van der Waals surface area contributed by atoms with Crippen LogP contribution >= 0.6 is 11.8 Å².